The van der Waals surface area contributed by atoms with E-state index in [1.807, 2.05) is 81.4 Å². The predicted octanol–water partition coefficient (Wildman–Crippen LogP) is 5.06. The Balaban J connectivity index is 1.53. The zero-order chi connectivity index (χ0) is 37.0. The molecule has 0 saturated carbocycles. The number of hydrogen-bond donors (Lipinski definition) is 1. The molecule has 11 heteroatoms. The summed E-state index contributed by atoms with van der Waals surface area (Å²) >= 11 is 3.75. The van der Waals surface area contributed by atoms with Crippen molar-refractivity contribution in [2.24, 2.45) is 17.8 Å². The lowest BCUT2D eigenvalue weighted by atomic mass is 9.70. The lowest BCUT2D eigenvalue weighted by Gasteiger charge is -2.40. The smallest absolute Gasteiger partial charge is 0.313 e. The van der Waals surface area contributed by atoms with Crippen LogP contribution in [-0.2, 0) is 35.2 Å². The molecular weight excluding hydrogens is 714 g/mol. The van der Waals surface area contributed by atoms with Crippen LogP contribution >= 0.6 is 15.9 Å². The molecule has 3 fully saturated rings. The van der Waals surface area contributed by atoms with Crippen LogP contribution in [0.2, 0.25) is 0 Å². The van der Waals surface area contributed by atoms with Gasteiger partial charge in [0.15, 0.2) is 0 Å². The normalized spacial score (nSPS) is 26.7. The Hall–Kier alpha value is -3.80. The van der Waals surface area contributed by atoms with Gasteiger partial charge in [-0.3, -0.25) is 19.2 Å². The zero-order valence-electron chi connectivity index (χ0n) is 29.9. The van der Waals surface area contributed by atoms with Crippen LogP contribution < -0.4 is 0 Å². The molecule has 3 aliphatic rings. The second-order valence-electron chi connectivity index (χ2n) is 14.2. The Morgan fingerprint density at radius 3 is 2.31 bits per heavy atom. The molecule has 274 valence electrons. The third-order valence-electron chi connectivity index (χ3n) is 10.8. The molecule has 2 aromatic rings. The van der Waals surface area contributed by atoms with E-state index in [2.05, 4.69) is 29.1 Å². The fourth-order valence-corrected chi connectivity index (χ4v) is 9.02. The Labute approximate surface area is 309 Å². The van der Waals surface area contributed by atoms with E-state index >= 15 is 0 Å². The first kappa shape index (κ1) is 38.4. The van der Waals surface area contributed by atoms with E-state index in [9.17, 15) is 24.3 Å². The lowest BCUT2D eigenvalue weighted by molar-refractivity contribution is -0.165. The van der Waals surface area contributed by atoms with Crippen molar-refractivity contribution in [3.05, 3.63) is 97.1 Å². The number of aliphatic hydroxyl groups is 1. The average Bonchev–Trinajstić information content (AvgIpc) is 3.72. The van der Waals surface area contributed by atoms with Crippen molar-refractivity contribution in [3.8, 4) is 0 Å². The van der Waals surface area contributed by atoms with Crippen LogP contribution in [0.4, 0.5) is 0 Å². The number of alkyl halides is 1. The molecule has 51 heavy (non-hydrogen) atoms. The van der Waals surface area contributed by atoms with Crippen LogP contribution in [0.25, 0.3) is 0 Å². The van der Waals surface area contributed by atoms with Gasteiger partial charge in [-0.15, -0.1) is 13.2 Å². The number of aliphatic hydroxyl groups excluding tert-OH is 1. The molecule has 3 amide bonds. The number of esters is 1. The molecule has 9 atom stereocenters. The summed E-state index contributed by atoms with van der Waals surface area (Å²) in [5.74, 6) is -3.76. The fourth-order valence-electron chi connectivity index (χ4n) is 8.08. The lowest BCUT2D eigenvalue weighted by Crippen LogP contribution is -2.59. The minimum Gasteiger partial charge on any atom is -0.455 e. The zero-order valence-corrected chi connectivity index (χ0v) is 31.5. The highest BCUT2D eigenvalue weighted by Crippen LogP contribution is 2.61. The fraction of sp³-hybridized carbons (Fsp3) is 0.500. The van der Waals surface area contributed by atoms with E-state index in [0.717, 1.165) is 5.56 Å². The number of benzene rings is 2. The number of carbonyl (C=O) groups excluding carboxylic acids is 4. The summed E-state index contributed by atoms with van der Waals surface area (Å²) < 4.78 is 13.1. The van der Waals surface area contributed by atoms with Crippen molar-refractivity contribution in [3.63, 3.8) is 0 Å². The third-order valence-corrected chi connectivity index (χ3v) is 11.6. The van der Waals surface area contributed by atoms with Gasteiger partial charge >= 0.3 is 5.97 Å². The number of likely N-dealkylation sites (tertiary alicyclic amines) is 1. The number of allylic oxidation sites excluding steroid dienone is 1. The highest BCUT2D eigenvalue weighted by Gasteiger charge is 2.77. The first-order chi connectivity index (χ1) is 24.4. The summed E-state index contributed by atoms with van der Waals surface area (Å²) in [6, 6.07) is 16.4. The molecule has 3 aliphatic heterocycles. The standard InChI is InChI=1S/C40H50BrN3O7/c1-7-9-20-31(46)42(6)26(5)34(28-18-14-11-15-19-28)50-39(49)32-33-37(47)44(30(24-45)25(3)4)36(40(33)22-29(41)35(32)51-40)38(48)43(21-8-2)23-27-16-12-10-13-17-27/h7-8,10-19,25-26,29-30,32-36,45H,1-2,9,20-24H2,3-6H3/t26-,29?,30-,32-,33+,34+,35-,36-,40+/m0/s1. The molecular formula is C40H50BrN3O7. The number of halogens is 1. The Morgan fingerprint density at radius 1 is 1.08 bits per heavy atom. The van der Waals surface area contributed by atoms with Crippen LogP contribution in [0.3, 0.4) is 0 Å². The summed E-state index contributed by atoms with van der Waals surface area (Å²) in [5, 5.41) is 10.7. The van der Waals surface area contributed by atoms with E-state index in [4.69, 9.17) is 9.47 Å². The quantitative estimate of drug-likeness (QED) is 0.144. The van der Waals surface area contributed by atoms with Gasteiger partial charge in [0.25, 0.3) is 0 Å². The first-order valence-electron chi connectivity index (χ1n) is 17.7. The third kappa shape index (κ3) is 7.30. The van der Waals surface area contributed by atoms with E-state index in [1.54, 1.807) is 29.0 Å². The maximum absolute atomic E-state index is 14.9. The molecule has 1 N–H and O–H groups in total. The van der Waals surface area contributed by atoms with Crippen LogP contribution in [0, 0.1) is 17.8 Å². The molecule has 5 rings (SSSR count). The van der Waals surface area contributed by atoms with Crippen molar-refractivity contribution in [2.45, 2.75) is 87.3 Å². The number of likely N-dealkylation sites (N-methyl/N-ethyl adjacent to an activating group) is 1. The molecule has 2 bridgehead atoms. The number of carbonyl (C=O) groups is 4. The monoisotopic (exact) mass is 763 g/mol. The van der Waals surface area contributed by atoms with E-state index in [1.165, 1.54) is 4.90 Å². The molecule has 3 saturated heterocycles. The van der Waals surface area contributed by atoms with E-state index in [0.29, 0.717) is 18.4 Å². The minimum atomic E-state index is -1.35. The SMILES string of the molecule is C=CCCC(=O)N(C)[C@@H](C)[C@@H](OC(=O)[C@@H]1[C@H]2O[C@@]3(CC2Br)[C@H](C(=O)N(CC=C)Cc2ccccc2)N([C@@H](CO)C(C)C)C(=O)[C@@H]13)c1ccccc1. The van der Waals surface area contributed by atoms with Crippen molar-refractivity contribution in [1.82, 2.24) is 14.7 Å². The second kappa shape index (κ2) is 16.3. The Kier molecular flexibility index (Phi) is 12.2. The molecule has 10 nitrogen and oxygen atoms in total. The molecule has 1 unspecified atom stereocenters. The number of ether oxygens (including phenoxy) is 2. The van der Waals surface area contributed by atoms with Crippen LogP contribution in [0.1, 0.15) is 57.3 Å². The Bertz CT molecular complexity index is 1590. The minimum absolute atomic E-state index is 0.117. The van der Waals surface area contributed by atoms with Crippen LogP contribution in [0.5, 0.6) is 0 Å². The summed E-state index contributed by atoms with van der Waals surface area (Å²) in [5.41, 5.74) is 0.260. The van der Waals surface area contributed by atoms with Gasteiger partial charge in [0.05, 0.1) is 36.6 Å². The summed E-state index contributed by atoms with van der Waals surface area (Å²) in [4.78, 5) is 61.7. The van der Waals surface area contributed by atoms with Gasteiger partial charge < -0.3 is 29.3 Å². The largest absolute Gasteiger partial charge is 0.455 e. The topological polar surface area (TPSA) is 117 Å². The van der Waals surface area contributed by atoms with Crippen molar-refractivity contribution in [2.75, 3.05) is 20.2 Å². The van der Waals surface area contributed by atoms with Crippen LogP contribution in [-0.4, -0.2) is 98.4 Å². The summed E-state index contributed by atoms with van der Waals surface area (Å²) in [6.07, 6.45) is 2.84. The molecule has 2 aromatic carbocycles. The highest BCUT2D eigenvalue weighted by atomic mass is 79.9. The van der Waals surface area contributed by atoms with Gasteiger partial charge in [-0.1, -0.05) is 103 Å². The van der Waals surface area contributed by atoms with Gasteiger partial charge in [-0.2, -0.15) is 0 Å². The number of nitrogens with zero attached hydrogens (tertiary/aromatic N) is 3. The molecule has 0 radical (unpaired) electrons. The van der Waals surface area contributed by atoms with Crippen molar-refractivity contribution in [1.29, 1.82) is 0 Å². The van der Waals surface area contributed by atoms with Gasteiger partial charge in [0.1, 0.15) is 17.7 Å². The number of amides is 3. The van der Waals surface area contributed by atoms with E-state index in [-0.39, 0.29) is 48.7 Å². The Morgan fingerprint density at radius 2 is 1.73 bits per heavy atom. The predicted molar refractivity (Wildman–Crippen MR) is 197 cm³/mol. The average molecular weight is 765 g/mol. The van der Waals surface area contributed by atoms with Crippen LogP contribution in [0.15, 0.2) is 86.0 Å². The van der Waals surface area contributed by atoms with E-state index < -0.39 is 59.6 Å². The maximum Gasteiger partial charge on any atom is 0.313 e. The molecule has 0 aliphatic carbocycles. The van der Waals surface area contributed by atoms with Gasteiger partial charge in [0.2, 0.25) is 17.7 Å². The van der Waals surface area contributed by atoms with Gasteiger partial charge in [-0.05, 0) is 36.8 Å². The summed E-state index contributed by atoms with van der Waals surface area (Å²) in [7, 11) is 1.68. The first-order valence-corrected chi connectivity index (χ1v) is 18.6. The number of hydrogen-bond acceptors (Lipinski definition) is 7. The highest BCUT2D eigenvalue weighted by molar-refractivity contribution is 9.09. The van der Waals surface area contributed by atoms with Gasteiger partial charge in [0, 0.05) is 31.4 Å². The van der Waals surface area contributed by atoms with Crippen molar-refractivity contribution >= 4 is 39.6 Å². The number of fused-ring (bicyclic) bond motifs is 1. The molecule has 3 heterocycles. The van der Waals surface area contributed by atoms with Gasteiger partial charge in [-0.25, -0.2) is 0 Å². The van der Waals surface area contributed by atoms with Crippen molar-refractivity contribution < 1.29 is 33.8 Å². The summed E-state index contributed by atoms with van der Waals surface area (Å²) in [6.45, 7) is 13.3. The number of rotatable bonds is 16. The molecule has 0 aromatic heterocycles. The maximum atomic E-state index is 14.9. The second-order valence-corrected chi connectivity index (χ2v) is 15.4. The molecule has 1 spiro atoms.